The fourth-order valence-electron chi connectivity index (χ4n) is 1.89. The van der Waals surface area contributed by atoms with Gasteiger partial charge in [-0.05, 0) is 30.5 Å². The van der Waals surface area contributed by atoms with Crippen LogP contribution >= 0.6 is 11.6 Å². The quantitative estimate of drug-likeness (QED) is 0.848. The Morgan fingerprint density at radius 3 is 2.53 bits per heavy atom. The zero-order chi connectivity index (χ0) is 12.3. The van der Waals surface area contributed by atoms with Crippen LogP contribution in [0.3, 0.4) is 0 Å². The summed E-state index contributed by atoms with van der Waals surface area (Å²) in [6.07, 6.45) is 2.59. The van der Waals surface area contributed by atoms with E-state index in [-0.39, 0.29) is 6.42 Å². The van der Waals surface area contributed by atoms with Crippen LogP contribution in [0.5, 0.6) is 0 Å². The minimum atomic E-state index is -0.730. The Morgan fingerprint density at radius 2 is 2.00 bits per heavy atom. The third-order valence-corrected chi connectivity index (χ3v) is 3.23. The lowest BCUT2D eigenvalue weighted by Gasteiger charge is -2.21. The largest absolute Gasteiger partial charge is 0.481 e. The molecule has 1 aromatic rings. The normalized spacial score (nSPS) is 15.2. The van der Waals surface area contributed by atoms with Crippen LogP contribution in [0.2, 0.25) is 5.02 Å². The van der Waals surface area contributed by atoms with Crippen LogP contribution in [0, 0.1) is 0 Å². The first-order chi connectivity index (χ1) is 8.15. The lowest BCUT2D eigenvalue weighted by atomic mass is 10.2. The highest BCUT2D eigenvalue weighted by Crippen LogP contribution is 2.28. The van der Waals surface area contributed by atoms with Gasteiger partial charge in [0.2, 0.25) is 0 Å². The van der Waals surface area contributed by atoms with Crippen molar-refractivity contribution in [1.29, 1.82) is 0 Å². The van der Waals surface area contributed by atoms with Crippen LogP contribution in [0.1, 0.15) is 24.8 Å². The molecular weight excluding hydrogens is 238 g/mol. The molecule has 1 aliphatic rings. The maximum atomic E-state index is 10.6. The van der Waals surface area contributed by atoms with E-state index in [1.54, 1.807) is 0 Å². The SMILES string of the molecule is O=C(O)CCN(Cc1ccc(Cl)cc1)C1CC1. The van der Waals surface area contributed by atoms with E-state index in [0.717, 1.165) is 11.6 Å². The maximum Gasteiger partial charge on any atom is 0.304 e. The summed E-state index contributed by atoms with van der Waals surface area (Å²) in [4.78, 5) is 12.8. The minimum absolute atomic E-state index is 0.212. The van der Waals surface area contributed by atoms with Crippen molar-refractivity contribution in [2.24, 2.45) is 0 Å². The average molecular weight is 254 g/mol. The molecule has 1 aromatic carbocycles. The minimum Gasteiger partial charge on any atom is -0.481 e. The molecule has 17 heavy (non-hydrogen) atoms. The van der Waals surface area contributed by atoms with Gasteiger partial charge in [0.15, 0.2) is 0 Å². The Labute approximate surface area is 106 Å². The van der Waals surface area contributed by atoms with Crippen LogP contribution in [-0.2, 0) is 11.3 Å². The maximum absolute atomic E-state index is 10.6. The van der Waals surface area contributed by atoms with Gasteiger partial charge in [0.05, 0.1) is 6.42 Å². The van der Waals surface area contributed by atoms with Gasteiger partial charge >= 0.3 is 5.97 Å². The van der Waals surface area contributed by atoms with Crippen molar-refractivity contribution in [3.05, 3.63) is 34.9 Å². The van der Waals surface area contributed by atoms with E-state index in [9.17, 15) is 4.79 Å². The van der Waals surface area contributed by atoms with Gasteiger partial charge in [0.25, 0.3) is 0 Å². The number of carbonyl (C=O) groups is 1. The molecule has 0 bridgehead atoms. The molecule has 0 aromatic heterocycles. The van der Waals surface area contributed by atoms with Crippen LogP contribution < -0.4 is 0 Å². The molecule has 1 aliphatic carbocycles. The molecule has 2 rings (SSSR count). The smallest absolute Gasteiger partial charge is 0.304 e. The summed E-state index contributed by atoms with van der Waals surface area (Å²) < 4.78 is 0. The summed E-state index contributed by atoms with van der Waals surface area (Å²) in [5.74, 6) is -0.730. The van der Waals surface area contributed by atoms with Crippen molar-refractivity contribution in [3.8, 4) is 0 Å². The van der Waals surface area contributed by atoms with Gasteiger partial charge in [-0.2, -0.15) is 0 Å². The summed E-state index contributed by atoms with van der Waals surface area (Å²) in [7, 11) is 0. The second-order valence-electron chi connectivity index (χ2n) is 4.47. The highest BCUT2D eigenvalue weighted by Gasteiger charge is 2.28. The Hall–Kier alpha value is -1.06. The van der Waals surface area contributed by atoms with Gasteiger partial charge in [0, 0.05) is 24.2 Å². The van der Waals surface area contributed by atoms with Crippen molar-refractivity contribution in [2.45, 2.75) is 31.8 Å². The molecule has 0 amide bonds. The van der Waals surface area contributed by atoms with Crippen molar-refractivity contribution in [3.63, 3.8) is 0 Å². The van der Waals surface area contributed by atoms with E-state index in [1.165, 1.54) is 18.4 Å². The predicted octanol–water partition coefficient (Wildman–Crippen LogP) is 2.78. The molecule has 0 radical (unpaired) electrons. The summed E-state index contributed by atoms with van der Waals surface area (Å²) in [6, 6.07) is 8.32. The van der Waals surface area contributed by atoms with Gasteiger partial charge in [-0.15, -0.1) is 0 Å². The van der Waals surface area contributed by atoms with Crippen LogP contribution in [0.25, 0.3) is 0 Å². The van der Waals surface area contributed by atoms with Gasteiger partial charge in [0.1, 0.15) is 0 Å². The van der Waals surface area contributed by atoms with Crippen LogP contribution in [-0.4, -0.2) is 28.6 Å². The average Bonchev–Trinajstić information content (AvgIpc) is 3.10. The molecular formula is C13H16ClNO2. The first kappa shape index (κ1) is 12.4. The van der Waals surface area contributed by atoms with E-state index in [0.29, 0.717) is 12.6 Å². The summed E-state index contributed by atoms with van der Waals surface area (Å²) in [6.45, 7) is 1.44. The molecule has 3 nitrogen and oxygen atoms in total. The Morgan fingerprint density at radius 1 is 1.35 bits per heavy atom. The molecule has 0 saturated heterocycles. The zero-order valence-corrected chi connectivity index (χ0v) is 10.4. The molecule has 92 valence electrons. The molecule has 1 fully saturated rings. The van der Waals surface area contributed by atoms with Crippen molar-refractivity contribution in [1.82, 2.24) is 4.90 Å². The number of aliphatic carboxylic acids is 1. The fraction of sp³-hybridized carbons (Fsp3) is 0.462. The van der Waals surface area contributed by atoms with Crippen molar-refractivity contribution in [2.75, 3.05) is 6.54 Å². The van der Waals surface area contributed by atoms with E-state index in [4.69, 9.17) is 16.7 Å². The van der Waals surface area contributed by atoms with Gasteiger partial charge in [-0.3, -0.25) is 9.69 Å². The number of benzene rings is 1. The van der Waals surface area contributed by atoms with Crippen molar-refractivity contribution >= 4 is 17.6 Å². The monoisotopic (exact) mass is 253 g/mol. The molecule has 0 aliphatic heterocycles. The summed E-state index contributed by atoms with van der Waals surface area (Å²) in [5, 5.41) is 9.46. The van der Waals surface area contributed by atoms with Crippen LogP contribution in [0.4, 0.5) is 0 Å². The van der Waals surface area contributed by atoms with Gasteiger partial charge in [-0.1, -0.05) is 23.7 Å². The second-order valence-corrected chi connectivity index (χ2v) is 4.91. The summed E-state index contributed by atoms with van der Waals surface area (Å²) >= 11 is 5.83. The number of halogens is 1. The second kappa shape index (κ2) is 5.52. The molecule has 0 heterocycles. The fourth-order valence-corrected chi connectivity index (χ4v) is 2.02. The first-order valence-corrected chi connectivity index (χ1v) is 6.23. The molecule has 0 spiro atoms. The lowest BCUT2D eigenvalue weighted by Crippen LogP contribution is -2.28. The van der Waals surface area contributed by atoms with Crippen molar-refractivity contribution < 1.29 is 9.90 Å². The van der Waals surface area contributed by atoms with Gasteiger partial charge in [-0.25, -0.2) is 0 Å². The topological polar surface area (TPSA) is 40.5 Å². The van der Waals surface area contributed by atoms with E-state index < -0.39 is 5.97 Å². The highest BCUT2D eigenvalue weighted by atomic mass is 35.5. The highest BCUT2D eigenvalue weighted by molar-refractivity contribution is 6.30. The molecule has 4 heteroatoms. The number of hydrogen-bond acceptors (Lipinski definition) is 2. The van der Waals surface area contributed by atoms with E-state index in [2.05, 4.69) is 4.90 Å². The number of rotatable bonds is 6. The van der Waals surface area contributed by atoms with E-state index in [1.807, 2.05) is 24.3 Å². The Balaban J connectivity index is 1.92. The lowest BCUT2D eigenvalue weighted by molar-refractivity contribution is -0.137. The van der Waals surface area contributed by atoms with E-state index >= 15 is 0 Å². The third-order valence-electron chi connectivity index (χ3n) is 2.98. The molecule has 0 atom stereocenters. The molecule has 1 N–H and O–H groups in total. The standard InChI is InChI=1S/C13H16ClNO2/c14-11-3-1-10(2-4-11)9-15(12-5-6-12)8-7-13(16)17/h1-4,12H,5-9H2,(H,16,17). The Bertz CT molecular complexity index is 387. The number of carboxylic acid groups (broad SMARTS) is 1. The molecule has 1 saturated carbocycles. The predicted molar refractivity (Wildman–Crippen MR) is 67.1 cm³/mol. The van der Waals surface area contributed by atoms with Crippen LogP contribution in [0.15, 0.2) is 24.3 Å². The number of nitrogens with zero attached hydrogens (tertiary/aromatic N) is 1. The summed E-state index contributed by atoms with van der Waals surface area (Å²) in [5.41, 5.74) is 1.19. The molecule has 0 unspecified atom stereocenters. The first-order valence-electron chi connectivity index (χ1n) is 5.85. The third kappa shape index (κ3) is 4.02. The number of carboxylic acids is 1. The zero-order valence-electron chi connectivity index (χ0n) is 9.60. The van der Waals surface area contributed by atoms with Gasteiger partial charge < -0.3 is 5.11 Å². The Kier molecular flexibility index (Phi) is 4.02. The number of hydrogen-bond donors (Lipinski definition) is 1.